The summed E-state index contributed by atoms with van der Waals surface area (Å²) in [5.74, 6) is 5.62. The van der Waals surface area contributed by atoms with E-state index in [0.29, 0.717) is 6.42 Å². The Morgan fingerprint density at radius 2 is 2.05 bits per heavy atom. The van der Waals surface area contributed by atoms with Gasteiger partial charge in [0.25, 0.3) is 0 Å². The van der Waals surface area contributed by atoms with E-state index >= 15 is 0 Å². The standard InChI is InChI=1S/C13H16O.C5H10N2O/c1-4-5-11-6-8-12(9-7-11)10-13(2,3)14;6-5(8)4-2-1-3-7-4/h6-9,14H,10H2,1-3H3;4,7H,1-3H2,(H2,6,8). The number of carbonyl (C=O) groups is 1. The highest BCUT2D eigenvalue weighted by Crippen LogP contribution is 2.12. The molecule has 1 unspecified atom stereocenters. The average molecular weight is 302 g/mol. The molecule has 4 N–H and O–H groups in total. The van der Waals surface area contributed by atoms with Crippen LogP contribution in [-0.2, 0) is 11.2 Å². The van der Waals surface area contributed by atoms with Gasteiger partial charge in [0.15, 0.2) is 0 Å². The Labute approximate surface area is 133 Å². The van der Waals surface area contributed by atoms with Crippen LogP contribution < -0.4 is 11.1 Å². The summed E-state index contributed by atoms with van der Waals surface area (Å²) in [5.41, 5.74) is 6.51. The van der Waals surface area contributed by atoms with Crippen molar-refractivity contribution in [2.75, 3.05) is 6.54 Å². The van der Waals surface area contributed by atoms with Gasteiger partial charge in [-0.1, -0.05) is 18.1 Å². The topological polar surface area (TPSA) is 75.3 Å². The predicted octanol–water partition coefficient (Wildman–Crippen LogP) is 1.60. The lowest BCUT2D eigenvalue weighted by molar-refractivity contribution is -0.119. The molecular formula is C18H26N2O2. The number of hydrogen-bond donors (Lipinski definition) is 3. The first kappa shape index (κ1) is 18.2. The van der Waals surface area contributed by atoms with Gasteiger partial charge >= 0.3 is 0 Å². The van der Waals surface area contributed by atoms with Gasteiger partial charge in [-0.3, -0.25) is 4.79 Å². The molecule has 0 spiro atoms. The maximum atomic E-state index is 10.4. The van der Waals surface area contributed by atoms with Crippen LogP contribution in [0.1, 0.15) is 44.7 Å². The molecule has 0 radical (unpaired) electrons. The van der Waals surface area contributed by atoms with Crippen LogP contribution in [0.2, 0.25) is 0 Å². The smallest absolute Gasteiger partial charge is 0.234 e. The number of benzene rings is 1. The monoisotopic (exact) mass is 302 g/mol. The molecule has 0 saturated carbocycles. The van der Waals surface area contributed by atoms with Crippen LogP contribution in [0, 0.1) is 11.8 Å². The van der Waals surface area contributed by atoms with Crippen molar-refractivity contribution in [3.63, 3.8) is 0 Å². The number of nitrogens with two attached hydrogens (primary N) is 1. The third-order valence-corrected chi connectivity index (χ3v) is 3.26. The zero-order valence-corrected chi connectivity index (χ0v) is 13.6. The number of primary amides is 1. The lowest BCUT2D eigenvalue weighted by Crippen LogP contribution is -2.36. The molecular weight excluding hydrogens is 276 g/mol. The van der Waals surface area contributed by atoms with Gasteiger partial charge in [-0.2, -0.15) is 0 Å². The largest absolute Gasteiger partial charge is 0.390 e. The first-order valence-electron chi connectivity index (χ1n) is 7.58. The van der Waals surface area contributed by atoms with Crippen LogP contribution in [0.4, 0.5) is 0 Å². The van der Waals surface area contributed by atoms with Crippen LogP contribution in [0.5, 0.6) is 0 Å². The summed E-state index contributed by atoms with van der Waals surface area (Å²) < 4.78 is 0. The molecule has 1 aromatic carbocycles. The quantitative estimate of drug-likeness (QED) is 0.742. The van der Waals surface area contributed by atoms with Crippen molar-refractivity contribution in [1.82, 2.24) is 5.32 Å². The van der Waals surface area contributed by atoms with Gasteiger partial charge in [0, 0.05) is 12.0 Å². The van der Waals surface area contributed by atoms with E-state index in [0.717, 1.165) is 30.5 Å². The highest BCUT2D eigenvalue weighted by molar-refractivity contribution is 5.80. The van der Waals surface area contributed by atoms with Crippen molar-refractivity contribution < 1.29 is 9.90 Å². The highest BCUT2D eigenvalue weighted by Gasteiger charge is 2.18. The molecule has 1 aliphatic rings. The number of carbonyl (C=O) groups excluding carboxylic acids is 1. The second kappa shape index (κ2) is 8.57. The minimum absolute atomic E-state index is 0.0463. The summed E-state index contributed by atoms with van der Waals surface area (Å²) in [6.07, 6.45) is 2.66. The Balaban J connectivity index is 0.000000255. The third kappa shape index (κ3) is 7.26. The fourth-order valence-corrected chi connectivity index (χ4v) is 2.28. The van der Waals surface area contributed by atoms with E-state index < -0.39 is 5.60 Å². The van der Waals surface area contributed by atoms with E-state index in [4.69, 9.17) is 5.73 Å². The number of hydrogen-bond acceptors (Lipinski definition) is 3. The molecule has 4 heteroatoms. The summed E-state index contributed by atoms with van der Waals surface area (Å²) in [7, 11) is 0. The summed E-state index contributed by atoms with van der Waals surface area (Å²) in [6.45, 7) is 6.39. The number of rotatable bonds is 3. The normalized spacial score (nSPS) is 17.0. The van der Waals surface area contributed by atoms with Crippen molar-refractivity contribution in [3.05, 3.63) is 35.4 Å². The molecule has 1 atom stereocenters. The van der Waals surface area contributed by atoms with Crippen LogP contribution in [0.25, 0.3) is 0 Å². The molecule has 0 bridgehead atoms. The molecule has 0 aromatic heterocycles. The average Bonchev–Trinajstić information content (AvgIpc) is 2.95. The lowest BCUT2D eigenvalue weighted by atomic mass is 9.98. The summed E-state index contributed by atoms with van der Waals surface area (Å²) in [5, 5.41) is 12.6. The Morgan fingerprint density at radius 3 is 2.41 bits per heavy atom. The molecule has 1 aromatic rings. The first-order chi connectivity index (χ1) is 10.3. The van der Waals surface area contributed by atoms with E-state index in [2.05, 4.69) is 17.2 Å². The maximum absolute atomic E-state index is 10.4. The number of nitrogens with one attached hydrogen (secondary N) is 1. The minimum Gasteiger partial charge on any atom is -0.390 e. The Bertz CT molecular complexity index is 527. The molecule has 1 heterocycles. The minimum atomic E-state index is -0.641. The van der Waals surface area contributed by atoms with Crippen LogP contribution in [0.3, 0.4) is 0 Å². The predicted molar refractivity (Wildman–Crippen MR) is 89.2 cm³/mol. The van der Waals surface area contributed by atoms with E-state index in [-0.39, 0.29) is 11.9 Å². The summed E-state index contributed by atoms with van der Waals surface area (Å²) in [6, 6.07) is 7.94. The van der Waals surface area contributed by atoms with Gasteiger partial charge in [-0.05, 0) is 57.9 Å². The first-order valence-corrected chi connectivity index (χ1v) is 7.58. The fourth-order valence-electron chi connectivity index (χ4n) is 2.28. The highest BCUT2D eigenvalue weighted by atomic mass is 16.3. The maximum Gasteiger partial charge on any atom is 0.234 e. The van der Waals surface area contributed by atoms with Gasteiger partial charge in [0.2, 0.25) is 5.91 Å². The zero-order valence-electron chi connectivity index (χ0n) is 13.6. The van der Waals surface area contributed by atoms with Gasteiger partial charge in [0.1, 0.15) is 0 Å². The van der Waals surface area contributed by atoms with Crippen molar-refractivity contribution in [2.24, 2.45) is 5.73 Å². The van der Waals surface area contributed by atoms with Gasteiger partial charge in [-0.15, -0.1) is 5.92 Å². The molecule has 1 aliphatic heterocycles. The van der Waals surface area contributed by atoms with Crippen molar-refractivity contribution in [2.45, 2.75) is 51.7 Å². The molecule has 1 amide bonds. The molecule has 2 rings (SSSR count). The van der Waals surface area contributed by atoms with E-state index in [1.54, 1.807) is 0 Å². The Morgan fingerprint density at radius 1 is 1.41 bits per heavy atom. The molecule has 1 fully saturated rings. The van der Waals surface area contributed by atoms with Crippen LogP contribution in [-0.4, -0.2) is 29.2 Å². The molecule has 1 saturated heterocycles. The van der Waals surface area contributed by atoms with Crippen LogP contribution in [0.15, 0.2) is 24.3 Å². The molecule has 0 aliphatic carbocycles. The van der Waals surface area contributed by atoms with E-state index in [9.17, 15) is 9.90 Å². The van der Waals surface area contributed by atoms with Crippen LogP contribution >= 0.6 is 0 Å². The van der Waals surface area contributed by atoms with Crippen molar-refractivity contribution in [1.29, 1.82) is 0 Å². The lowest BCUT2D eigenvalue weighted by Gasteiger charge is -2.16. The van der Waals surface area contributed by atoms with Gasteiger partial charge in [-0.25, -0.2) is 0 Å². The fraction of sp³-hybridized carbons (Fsp3) is 0.500. The van der Waals surface area contributed by atoms with Crippen molar-refractivity contribution >= 4 is 5.91 Å². The zero-order chi connectivity index (χ0) is 16.6. The number of amides is 1. The van der Waals surface area contributed by atoms with Crippen molar-refractivity contribution in [3.8, 4) is 11.8 Å². The number of aliphatic hydroxyl groups is 1. The third-order valence-electron chi connectivity index (χ3n) is 3.26. The summed E-state index contributed by atoms with van der Waals surface area (Å²) in [4.78, 5) is 10.4. The Hall–Kier alpha value is -1.83. The second-order valence-corrected chi connectivity index (χ2v) is 6.11. The van der Waals surface area contributed by atoms with Gasteiger partial charge in [0.05, 0.1) is 11.6 Å². The van der Waals surface area contributed by atoms with E-state index in [1.807, 2.05) is 45.0 Å². The molecule has 4 nitrogen and oxygen atoms in total. The molecule has 22 heavy (non-hydrogen) atoms. The summed E-state index contributed by atoms with van der Waals surface area (Å²) >= 11 is 0. The van der Waals surface area contributed by atoms with E-state index in [1.165, 1.54) is 0 Å². The van der Waals surface area contributed by atoms with Gasteiger partial charge < -0.3 is 16.2 Å². The Kier molecular flexibility index (Phi) is 7.10. The molecule has 120 valence electrons. The second-order valence-electron chi connectivity index (χ2n) is 6.11. The SMILES string of the molecule is CC#Cc1ccc(CC(C)(C)O)cc1.NC(=O)C1CCCN1.